The standard InChI is InChI=1S/C26H35FN2O2/c1-18(2)16-28-26(31)20(5)29(17-22-8-13-24(27)14-9-22)25(30)15-10-21-6-11-23(12-7-21)19(3)4/h6-9,11-14,18-20H,10,15-17H2,1-5H3,(H,28,31)/t20-/m1/s1. The van der Waals surface area contributed by atoms with Gasteiger partial charge in [-0.2, -0.15) is 0 Å². The lowest BCUT2D eigenvalue weighted by molar-refractivity contribution is -0.140. The molecule has 0 saturated heterocycles. The minimum atomic E-state index is -0.611. The average Bonchev–Trinajstić information content (AvgIpc) is 2.75. The SMILES string of the molecule is CC(C)CNC(=O)[C@@H](C)N(Cc1ccc(F)cc1)C(=O)CCc1ccc(C(C)C)cc1. The summed E-state index contributed by atoms with van der Waals surface area (Å²) in [7, 11) is 0. The Bertz CT molecular complexity index is 845. The maximum atomic E-state index is 13.3. The Hall–Kier alpha value is -2.69. The second kappa shape index (κ2) is 11.6. The molecule has 0 fully saturated rings. The number of carbonyl (C=O) groups is 2. The van der Waals surface area contributed by atoms with E-state index in [0.717, 1.165) is 11.1 Å². The molecule has 1 atom stereocenters. The van der Waals surface area contributed by atoms with Gasteiger partial charge in [-0.25, -0.2) is 4.39 Å². The maximum Gasteiger partial charge on any atom is 0.242 e. The number of hydrogen-bond donors (Lipinski definition) is 1. The zero-order valence-corrected chi connectivity index (χ0v) is 19.3. The van der Waals surface area contributed by atoms with E-state index < -0.39 is 6.04 Å². The van der Waals surface area contributed by atoms with Crippen molar-refractivity contribution in [2.24, 2.45) is 5.92 Å². The summed E-state index contributed by atoms with van der Waals surface area (Å²) in [4.78, 5) is 27.4. The molecule has 0 saturated carbocycles. The molecule has 31 heavy (non-hydrogen) atoms. The topological polar surface area (TPSA) is 49.4 Å². The summed E-state index contributed by atoms with van der Waals surface area (Å²) >= 11 is 0. The van der Waals surface area contributed by atoms with Gasteiger partial charge in [0.2, 0.25) is 11.8 Å². The molecule has 0 spiro atoms. The number of amides is 2. The van der Waals surface area contributed by atoms with Gasteiger partial charge in [-0.15, -0.1) is 0 Å². The lowest BCUT2D eigenvalue weighted by atomic mass is 10.00. The quantitative estimate of drug-likeness (QED) is 0.577. The van der Waals surface area contributed by atoms with E-state index in [2.05, 4.69) is 43.4 Å². The van der Waals surface area contributed by atoms with Crippen molar-refractivity contribution < 1.29 is 14.0 Å². The highest BCUT2D eigenvalue weighted by Crippen LogP contribution is 2.17. The van der Waals surface area contributed by atoms with Crippen LogP contribution in [0.3, 0.4) is 0 Å². The van der Waals surface area contributed by atoms with Crippen LogP contribution in [-0.4, -0.2) is 29.3 Å². The third-order valence-electron chi connectivity index (χ3n) is 5.39. The lowest BCUT2D eigenvalue weighted by Crippen LogP contribution is -2.48. The van der Waals surface area contributed by atoms with Gasteiger partial charge in [0.1, 0.15) is 11.9 Å². The van der Waals surface area contributed by atoms with Crippen molar-refractivity contribution in [2.45, 2.75) is 66.0 Å². The molecule has 0 aliphatic carbocycles. The van der Waals surface area contributed by atoms with E-state index in [0.29, 0.717) is 31.2 Å². The van der Waals surface area contributed by atoms with Crippen molar-refractivity contribution in [2.75, 3.05) is 6.54 Å². The normalized spacial score (nSPS) is 12.1. The van der Waals surface area contributed by atoms with E-state index in [1.54, 1.807) is 24.0 Å². The molecule has 0 aliphatic heterocycles. The van der Waals surface area contributed by atoms with E-state index in [9.17, 15) is 14.0 Å². The Morgan fingerprint density at radius 2 is 1.48 bits per heavy atom. The Balaban J connectivity index is 2.10. The minimum absolute atomic E-state index is 0.0931. The lowest BCUT2D eigenvalue weighted by Gasteiger charge is -2.29. The Kier molecular flexibility index (Phi) is 9.22. The summed E-state index contributed by atoms with van der Waals surface area (Å²) in [6.45, 7) is 10.9. The van der Waals surface area contributed by atoms with Crippen molar-refractivity contribution in [1.82, 2.24) is 10.2 Å². The van der Waals surface area contributed by atoms with Crippen molar-refractivity contribution in [3.05, 3.63) is 71.0 Å². The summed E-state index contributed by atoms with van der Waals surface area (Å²) in [5.74, 6) is 0.197. The van der Waals surface area contributed by atoms with Crippen LogP contribution in [0.4, 0.5) is 4.39 Å². The first-order valence-corrected chi connectivity index (χ1v) is 11.1. The summed E-state index contributed by atoms with van der Waals surface area (Å²) in [5, 5.41) is 2.91. The molecular weight excluding hydrogens is 391 g/mol. The van der Waals surface area contributed by atoms with Crippen LogP contribution in [0.15, 0.2) is 48.5 Å². The number of nitrogens with one attached hydrogen (secondary N) is 1. The summed E-state index contributed by atoms with van der Waals surface area (Å²) in [6.07, 6.45) is 0.918. The van der Waals surface area contributed by atoms with Crippen molar-refractivity contribution in [1.29, 1.82) is 0 Å². The van der Waals surface area contributed by atoms with Crippen LogP contribution < -0.4 is 5.32 Å². The van der Waals surface area contributed by atoms with Gasteiger partial charge in [0, 0.05) is 19.5 Å². The molecule has 0 heterocycles. The summed E-state index contributed by atoms with van der Waals surface area (Å²) in [6, 6.07) is 13.8. The molecule has 0 aliphatic rings. The Morgan fingerprint density at radius 1 is 0.903 bits per heavy atom. The van der Waals surface area contributed by atoms with E-state index in [4.69, 9.17) is 0 Å². The highest BCUT2D eigenvalue weighted by Gasteiger charge is 2.26. The number of hydrogen-bond acceptors (Lipinski definition) is 2. The number of halogens is 1. The number of benzene rings is 2. The van der Waals surface area contributed by atoms with Gasteiger partial charge in [-0.1, -0.05) is 64.1 Å². The Morgan fingerprint density at radius 3 is 2.03 bits per heavy atom. The van der Waals surface area contributed by atoms with Gasteiger partial charge in [0.15, 0.2) is 0 Å². The third-order valence-corrected chi connectivity index (χ3v) is 5.39. The van der Waals surface area contributed by atoms with Gasteiger partial charge in [0.05, 0.1) is 0 Å². The molecule has 2 aromatic carbocycles. The predicted molar refractivity (Wildman–Crippen MR) is 123 cm³/mol. The monoisotopic (exact) mass is 426 g/mol. The van der Waals surface area contributed by atoms with Crippen LogP contribution >= 0.6 is 0 Å². The molecule has 0 aromatic heterocycles. The molecule has 5 heteroatoms. The van der Waals surface area contributed by atoms with Crippen molar-refractivity contribution in [3.63, 3.8) is 0 Å². The van der Waals surface area contributed by atoms with Crippen LogP contribution in [0.5, 0.6) is 0 Å². The van der Waals surface area contributed by atoms with Gasteiger partial charge in [0.25, 0.3) is 0 Å². The molecule has 4 nitrogen and oxygen atoms in total. The maximum absolute atomic E-state index is 13.3. The first kappa shape index (κ1) is 24.6. The number of rotatable bonds is 10. The van der Waals surface area contributed by atoms with Crippen molar-refractivity contribution >= 4 is 11.8 Å². The van der Waals surface area contributed by atoms with E-state index in [1.807, 2.05) is 13.8 Å². The van der Waals surface area contributed by atoms with Crippen molar-refractivity contribution in [3.8, 4) is 0 Å². The first-order valence-electron chi connectivity index (χ1n) is 11.1. The first-order chi connectivity index (χ1) is 14.7. The molecular formula is C26H35FN2O2. The molecule has 168 valence electrons. The molecule has 2 rings (SSSR count). The fourth-order valence-electron chi connectivity index (χ4n) is 3.29. The summed E-state index contributed by atoms with van der Waals surface area (Å²) in [5.41, 5.74) is 3.15. The van der Waals surface area contributed by atoms with Gasteiger partial charge < -0.3 is 10.2 Å². The molecule has 2 amide bonds. The van der Waals surface area contributed by atoms with E-state index in [1.165, 1.54) is 17.7 Å². The zero-order valence-electron chi connectivity index (χ0n) is 19.3. The number of aryl methyl sites for hydroxylation is 1. The summed E-state index contributed by atoms with van der Waals surface area (Å²) < 4.78 is 13.3. The second-order valence-electron chi connectivity index (χ2n) is 8.86. The van der Waals surface area contributed by atoms with Crippen LogP contribution in [0.1, 0.15) is 63.6 Å². The molecule has 0 unspecified atom stereocenters. The van der Waals surface area contributed by atoms with Crippen LogP contribution in [0.2, 0.25) is 0 Å². The number of nitrogens with zero attached hydrogens (tertiary/aromatic N) is 1. The van der Waals surface area contributed by atoms with Gasteiger partial charge >= 0.3 is 0 Å². The van der Waals surface area contributed by atoms with E-state index in [-0.39, 0.29) is 24.2 Å². The fourth-order valence-corrected chi connectivity index (χ4v) is 3.29. The second-order valence-corrected chi connectivity index (χ2v) is 8.86. The smallest absolute Gasteiger partial charge is 0.242 e. The van der Waals surface area contributed by atoms with E-state index >= 15 is 0 Å². The zero-order chi connectivity index (χ0) is 23.0. The Labute approximate surface area is 185 Å². The van der Waals surface area contributed by atoms with Crippen LogP contribution in [0, 0.1) is 11.7 Å². The highest BCUT2D eigenvalue weighted by atomic mass is 19.1. The third kappa shape index (κ3) is 7.82. The van der Waals surface area contributed by atoms with Crippen LogP contribution in [0.25, 0.3) is 0 Å². The molecule has 1 N–H and O–H groups in total. The molecule has 2 aromatic rings. The molecule has 0 bridgehead atoms. The largest absolute Gasteiger partial charge is 0.354 e. The number of carbonyl (C=O) groups excluding carboxylic acids is 2. The molecule has 0 radical (unpaired) electrons. The average molecular weight is 427 g/mol. The van der Waals surface area contributed by atoms with Gasteiger partial charge in [-0.3, -0.25) is 9.59 Å². The fraction of sp³-hybridized carbons (Fsp3) is 0.462. The van der Waals surface area contributed by atoms with Crippen LogP contribution in [-0.2, 0) is 22.6 Å². The minimum Gasteiger partial charge on any atom is -0.354 e. The highest BCUT2D eigenvalue weighted by molar-refractivity contribution is 5.87. The predicted octanol–water partition coefficient (Wildman–Crippen LogP) is 5.07. The van der Waals surface area contributed by atoms with Gasteiger partial charge in [-0.05, 0) is 54.0 Å².